The molecule has 2 heterocycles. The molecule has 0 amide bonds. The number of aromatic nitrogens is 1. The summed E-state index contributed by atoms with van der Waals surface area (Å²) in [5, 5.41) is 4.67. The molecule has 1 aromatic heterocycles. The van der Waals surface area contributed by atoms with Crippen molar-refractivity contribution in [3.63, 3.8) is 0 Å². The van der Waals surface area contributed by atoms with Crippen LogP contribution in [0.1, 0.15) is 30.5 Å². The minimum Gasteiger partial charge on any atom is -0.377 e. The Morgan fingerprint density at radius 3 is 2.65 bits per heavy atom. The standard InChI is InChI=1S/C19H29N3O/c1-14(2)23-8-7-22-12-16-9-18-15(5-6-20-3)11-21(4)19(18)10-17(16)13-22/h9-11,14,20H,5-8,12-13H2,1-4H3. The van der Waals surface area contributed by atoms with Crippen LogP contribution in [0.3, 0.4) is 0 Å². The van der Waals surface area contributed by atoms with Crippen LogP contribution in [0.15, 0.2) is 18.3 Å². The molecule has 0 radical (unpaired) electrons. The van der Waals surface area contributed by atoms with Crippen LogP contribution in [0, 0.1) is 0 Å². The zero-order chi connectivity index (χ0) is 16.4. The largest absolute Gasteiger partial charge is 0.377 e. The molecule has 3 rings (SSSR count). The number of hydrogen-bond acceptors (Lipinski definition) is 3. The summed E-state index contributed by atoms with van der Waals surface area (Å²) in [5.74, 6) is 0. The first-order valence-electron chi connectivity index (χ1n) is 8.66. The van der Waals surface area contributed by atoms with Gasteiger partial charge in [-0.1, -0.05) is 0 Å². The molecule has 1 aromatic carbocycles. The van der Waals surface area contributed by atoms with Crippen LogP contribution in [0.25, 0.3) is 10.9 Å². The zero-order valence-corrected chi connectivity index (χ0v) is 14.9. The van der Waals surface area contributed by atoms with E-state index in [0.29, 0.717) is 6.10 Å². The van der Waals surface area contributed by atoms with Crippen LogP contribution in [-0.2, 0) is 31.3 Å². The van der Waals surface area contributed by atoms with E-state index >= 15 is 0 Å². The molecule has 1 N–H and O–H groups in total. The summed E-state index contributed by atoms with van der Waals surface area (Å²) in [7, 11) is 4.17. The highest BCUT2D eigenvalue weighted by atomic mass is 16.5. The fraction of sp³-hybridized carbons (Fsp3) is 0.579. The summed E-state index contributed by atoms with van der Waals surface area (Å²) in [5.41, 5.74) is 5.76. The topological polar surface area (TPSA) is 29.4 Å². The Balaban J connectivity index is 1.76. The second kappa shape index (κ2) is 7.04. The van der Waals surface area contributed by atoms with Gasteiger partial charge < -0.3 is 14.6 Å². The van der Waals surface area contributed by atoms with Crippen LogP contribution >= 0.6 is 0 Å². The lowest BCUT2D eigenvalue weighted by Crippen LogP contribution is -2.23. The predicted molar refractivity (Wildman–Crippen MR) is 95.8 cm³/mol. The highest BCUT2D eigenvalue weighted by molar-refractivity contribution is 5.85. The van der Waals surface area contributed by atoms with E-state index in [2.05, 4.69) is 54.0 Å². The normalized spacial score (nSPS) is 15.0. The van der Waals surface area contributed by atoms with Crippen molar-refractivity contribution in [3.8, 4) is 0 Å². The van der Waals surface area contributed by atoms with Crippen molar-refractivity contribution in [3.05, 3.63) is 35.0 Å². The number of nitrogens with one attached hydrogen (secondary N) is 1. The molecular weight excluding hydrogens is 286 g/mol. The van der Waals surface area contributed by atoms with E-state index < -0.39 is 0 Å². The zero-order valence-electron chi connectivity index (χ0n) is 14.9. The summed E-state index contributed by atoms with van der Waals surface area (Å²) in [6.07, 6.45) is 3.68. The number of likely N-dealkylation sites (N-methyl/N-ethyl adjacent to an activating group) is 1. The van der Waals surface area contributed by atoms with Crippen LogP contribution in [0.4, 0.5) is 0 Å². The molecular formula is C19H29N3O. The molecule has 0 aliphatic carbocycles. The number of hydrogen-bond donors (Lipinski definition) is 1. The maximum Gasteiger partial charge on any atom is 0.0597 e. The molecule has 0 bridgehead atoms. The minimum absolute atomic E-state index is 0.317. The van der Waals surface area contributed by atoms with Gasteiger partial charge in [-0.25, -0.2) is 0 Å². The van der Waals surface area contributed by atoms with Crippen molar-refractivity contribution >= 4 is 10.9 Å². The van der Waals surface area contributed by atoms with Gasteiger partial charge >= 0.3 is 0 Å². The Morgan fingerprint density at radius 1 is 1.22 bits per heavy atom. The summed E-state index contributed by atoms with van der Waals surface area (Å²) in [6.45, 7) is 9.14. The molecule has 2 aromatic rings. The molecule has 0 saturated heterocycles. The number of ether oxygens (including phenoxy) is 1. The van der Waals surface area contributed by atoms with Crippen LogP contribution in [0.2, 0.25) is 0 Å². The van der Waals surface area contributed by atoms with Crippen molar-refractivity contribution in [2.75, 3.05) is 26.7 Å². The fourth-order valence-electron chi connectivity index (χ4n) is 3.46. The van der Waals surface area contributed by atoms with Crippen LogP contribution in [-0.4, -0.2) is 42.3 Å². The molecule has 4 heteroatoms. The maximum atomic E-state index is 5.69. The van der Waals surface area contributed by atoms with Gasteiger partial charge in [-0.15, -0.1) is 0 Å². The Hall–Kier alpha value is -1.36. The van der Waals surface area contributed by atoms with Gasteiger partial charge in [-0.3, -0.25) is 4.90 Å². The van der Waals surface area contributed by atoms with E-state index in [0.717, 1.165) is 39.2 Å². The van der Waals surface area contributed by atoms with E-state index in [-0.39, 0.29) is 0 Å². The molecule has 0 fully saturated rings. The summed E-state index contributed by atoms with van der Waals surface area (Å²) < 4.78 is 7.96. The van der Waals surface area contributed by atoms with Gasteiger partial charge in [0.2, 0.25) is 0 Å². The summed E-state index contributed by atoms with van der Waals surface area (Å²) in [4.78, 5) is 2.49. The first-order chi connectivity index (χ1) is 11.1. The van der Waals surface area contributed by atoms with Crippen molar-refractivity contribution in [2.45, 2.75) is 39.5 Å². The number of fused-ring (bicyclic) bond motifs is 2. The average molecular weight is 315 g/mol. The van der Waals surface area contributed by atoms with Crippen molar-refractivity contribution in [1.29, 1.82) is 0 Å². The quantitative estimate of drug-likeness (QED) is 0.852. The van der Waals surface area contributed by atoms with Gasteiger partial charge in [0.1, 0.15) is 0 Å². The van der Waals surface area contributed by atoms with Gasteiger partial charge in [0, 0.05) is 43.8 Å². The average Bonchev–Trinajstić information content (AvgIpc) is 3.03. The molecule has 1 aliphatic heterocycles. The molecule has 0 atom stereocenters. The summed E-state index contributed by atoms with van der Waals surface area (Å²) in [6, 6.07) is 4.80. The first-order valence-corrected chi connectivity index (χ1v) is 8.66. The Kier molecular flexibility index (Phi) is 5.05. The van der Waals surface area contributed by atoms with Crippen molar-refractivity contribution in [1.82, 2.24) is 14.8 Å². The van der Waals surface area contributed by atoms with E-state index in [1.54, 1.807) is 0 Å². The Morgan fingerprint density at radius 2 is 1.96 bits per heavy atom. The van der Waals surface area contributed by atoms with Gasteiger partial charge in [0.05, 0.1) is 12.7 Å². The van der Waals surface area contributed by atoms with E-state index in [1.807, 2.05) is 7.05 Å². The molecule has 1 aliphatic rings. The SMILES string of the molecule is CNCCc1cn(C)c2cc3c(cc12)CN(CCOC(C)C)C3. The number of aryl methyl sites for hydroxylation is 1. The fourth-order valence-corrected chi connectivity index (χ4v) is 3.46. The lowest BCUT2D eigenvalue weighted by Gasteiger charge is -2.15. The lowest BCUT2D eigenvalue weighted by molar-refractivity contribution is 0.0584. The molecule has 126 valence electrons. The van der Waals surface area contributed by atoms with Gasteiger partial charge in [0.25, 0.3) is 0 Å². The van der Waals surface area contributed by atoms with Crippen molar-refractivity contribution < 1.29 is 4.74 Å². The maximum absolute atomic E-state index is 5.69. The smallest absolute Gasteiger partial charge is 0.0597 e. The molecule has 4 nitrogen and oxygen atoms in total. The molecule has 0 unspecified atom stereocenters. The number of benzene rings is 1. The van der Waals surface area contributed by atoms with Crippen LogP contribution in [0.5, 0.6) is 0 Å². The highest BCUT2D eigenvalue weighted by Crippen LogP contribution is 2.30. The predicted octanol–water partition coefficient (Wildman–Crippen LogP) is 2.68. The molecule has 0 spiro atoms. The monoisotopic (exact) mass is 315 g/mol. The Bertz CT molecular complexity index is 675. The number of rotatable bonds is 7. The third-order valence-corrected chi connectivity index (χ3v) is 4.68. The second-order valence-corrected chi connectivity index (χ2v) is 6.89. The summed E-state index contributed by atoms with van der Waals surface area (Å²) >= 11 is 0. The van der Waals surface area contributed by atoms with Gasteiger partial charge in [-0.2, -0.15) is 0 Å². The van der Waals surface area contributed by atoms with E-state index in [1.165, 1.54) is 27.6 Å². The first kappa shape index (κ1) is 16.5. The minimum atomic E-state index is 0.317. The van der Waals surface area contributed by atoms with Crippen molar-refractivity contribution in [2.24, 2.45) is 7.05 Å². The molecule has 23 heavy (non-hydrogen) atoms. The Labute approximate surface area is 139 Å². The lowest BCUT2D eigenvalue weighted by atomic mass is 10.0. The molecule has 0 saturated carbocycles. The van der Waals surface area contributed by atoms with E-state index in [9.17, 15) is 0 Å². The van der Waals surface area contributed by atoms with Crippen LogP contribution < -0.4 is 5.32 Å². The van der Waals surface area contributed by atoms with Gasteiger partial charge in [-0.05, 0) is 62.7 Å². The highest BCUT2D eigenvalue weighted by Gasteiger charge is 2.21. The van der Waals surface area contributed by atoms with E-state index in [4.69, 9.17) is 4.74 Å². The number of nitrogens with zero attached hydrogens (tertiary/aromatic N) is 2. The second-order valence-electron chi connectivity index (χ2n) is 6.89. The third-order valence-electron chi connectivity index (χ3n) is 4.68. The van der Waals surface area contributed by atoms with Gasteiger partial charge in [0.15, 0.2) is 0 Å². The third kappa shape index (κ3) is 3.60.